The number of imide groups is 2. The summed E-state index contributed by atoms with van der Waals surface area (Å²) in [6, 6.07) is 17.0. The molecule has 4 aromatic carbocycles. The SMILES string of the molecule is Cc1nn(C)c(C)c1-c1c(Cl)ccc2c(CCCOc3cccc4cc(F)ccc34)c(C(=O)O)n(CCN3CCN(C(=O)C(C)Oc4cccc5c4C(=O)N(C4CCC(=O)NC4=O)C5=O)CC3)c12. The second kappa shape index (κ2) is 18.5. The van der Waals surface area contributed by atoms with Gasteiger partial charge in [0.25, 0.3) is 17.7 Å². The van der Waals surface area contributed by atoms with Gasteiger partial charge in [-0.15, -0.1) is 0 Å². The minimum atomic E-state index is -1.14. The fourth-order valence-corrected chi connectivity index (χ4v) is 10.1. The van der Waals surface area contributed by atoms with Gasteiger partial charge in [0, 0.05) is 80.3 Å². The molecule has 2 saturated heterocycles. The van der Waals surface area contributed by atoms with E-state index in [9.17, 15) is 38.3 Å². The Balaban J connectivity index is 0.912. The summed E-state index contributed by atoms with van der Waals surface area (Å²) in [4.78, 5) is 83.3. The lowest BCUT2D eigenvalue weighted by Crippen LogP contribution is -2.54. The average Bonchev–Trinajstić information content (AvgIpc) is 3.87. The number of nitrogens with one attached hydrogen (secondary N) is 1. The lowest BCUT2D eigenvalue weighted by atomic mass is 9.98. The molecule has 352 valence electrons. The second-order valence-electron chi connectivity index (χ2n) is 17.4. The van der Waals surface area contributed by atoms with E-state index in [-0.39, 0.29) is 53.7 Å². The van der Waals surface area contributed by atoms with E-state index in [1.165, 1.54) is 24.3 Å². The van der Waals surface area contributed by atoms with Crippen LogP contribution in [0.25, 0.3) is 32.8 Å². The third-order valence-electron chi connectivity index (χ3n) is 13.3. The van der Waals surface area contributed by atoms with Gasteiger partial charge in [-0.2, -0.15) is 5.10 Å². The van der Waals surface area contributed by atoms with Crippen molar-refractivity contribution in [1.29, 1.82) is 0 Å². The smallest absolute Gasteiger partial charge is 0.352 e. The second-order valence-corrected chi connectivity index (χ2v) is 17.8. The molecule has 0 spiro atoms. The van der Waals surface area contributed by atoms with Crippen molar-refractivity contribution in [2.75, 3.05) is 39.3 Å². The lowest BCUT2D eigenvalue weighted by molar-refractivity contribution is -0.140. The van der Waals surface area contributed by atoms with Crippen molar-refractivity contribution >= 4 is 68.8 Å². The Morgan fingerprint density at radius 1 is 0.912 bits per heavy atom. The van der Waals surface area contributed by atoms with E-state index in [0.717, 1.165) is 32.6 Å². The third-order valence-corrected chi connectivity index (χ3v) is 13.6. The molecule has 0 radical (unpaired) electrons. The highest BCUT2D eigenvalue weighted by molar-refractivity contribution is 6.35. The first-order valence-corrected chi connectivity index (χ1v) is 22.9. The number of benzene rings is 4. The van der Waals surface area contributed by atoms with Gasteiger partial charge in [0.1, 0.15) is 29.1 Å². The number of aromatic nitrogens is 3. The molecule has 18 heteroatoms. The highest BCUT2D eigenvalue weighted by Crippen LogP contribution is 2.42. The van der Waals surface area contributed by atoms with Crippen LogP contribution < -0.4 is 14.8 Å². The maximum atomic E-state index is 14.0. The van der Waals surface area contributed by atoms with E-state index < -0.39 is 41.7 Å². The van der Waals surface area contributed by atoms with Crippen LogP contribution in [0.5, 0.6) is 11.5 Å². The minimum Gasteiger partial charge on any atom is -0.493 e. The maximum Gasteiger partial charge on any atom is 0.352 e. The molecule has 16 nitrogen and oxygen atoms in total. The summed E-state index contributed by atoms with van der Waals surface area (Å²) in [5, 5.41) is 20.5. The fourth-order valence-electron chi connectivity index (χ4n) is 9.88. The van der Waals surface area contributed by atoms with Crippen molar-refractivity contribution in [2.24, 2.45) is 7.05 Å². The molecule has 0 aliphatic carbocycles. The van der Waals surface area contributed by atoms with Gasteiger partial charge in [0.05, 0.1) is 34.0 Å². The number of aromatic carboxylic acids is 1. The van der Waals surface area contributed by atoms with Crippen LogP contribution in [0.4, 0.5) is 4.39 Å². The van der Waals surface area contributed by atoms with Crippen molar-refractivity contribution in [3.63, 3.8) is 0 Å². The Morgan fingerprint density at radius 2 is 1.65 bits per heavy atom. The van der Waals surface area contributed by atoms with Crippen LogP contribution in [0.3, 0.4) is 0 Å². The number of fused-ring (bicyclic) bond motifs is 3. The van der Waals surface area contributed by atoms with Crippen LogP contribution in [0, 0.1) is 19.7 Å². The van der Waals surface area contributed by atoms with Gasteiger partial charge in [0.15, 0.2) is 6.10 Å². The third kappa shape index (κ3) is 8.33. The topological polar surface area (TPSA) is 186 Å². The molecule has 3 aliphatic rings. The Morgan fingerprint density at radius 3 is 2.37 bits per heavy atom. The van der Waals surface area contributed by atoms with Gasteiger partial charge in [-0.25, -0.2) is 9.18 Å². The summed E-state index contributed by atoms with van der Waals surface area (Å²) >= 11 is 7.06. The number of piperazine rings is 1. The monoisotopic (exact) mass is 945 g/mol. The van der Waals surface area contributed by atoms with Crippen molar-refractivity contribution in [3.05, 3.63) is 111 Å². The van der Waals surface area contributed by atoms with Gasteiger partial charge in [-0.1, -0.05) is 35.9 Å². The molecule has 5 amide bonds. The average molecular weight is 946 g/mol. The Labute approximate surface area is 395 Å². The summed E-state index contributed by atoms with van der Waals surface area (Å²) < 4.78 is 29.9. The van der Waals surface area contributed by atoms with E-state index in [1.54, 1.807) is 40.8 Å². The number of nitrogens with zero attached hydrogens (tertiary/aromatic N) is 6. The van der Waals surface area contributed by atoms with Crippen LogP contribution in [-0.4, -0.2) is 121 Å². The number of rotatable bonds is 14. The van der Waals surface area contributed by atoms with Crippen molar-refractivity contribution < 1.29 is 47.7 Å². The predicted molar refractivity (Wildman–Crippen MR) is 250 cm³/mol. The quantitative estimate of drug-likeness (QED) is 0.0919. The first kappa shape index (κ1) is 46.0. The number of amides is 5. The van der Waals surface area contributed by atoms with Crippen molar-refractivity contribution in [1.82, 2.24) is 34.4 Å². The first-order valence-electron chi connectivity index (χ1n) is 22.5. The number of carbonyl (C=O) groups is 6. The van der Waals surface area contributed by atoms with Gasteiger partial charge in [-0.05, 0) is 93.4 Å². The van der Waals surface area contributed by atoms with Crippen LogP contribution in [0.2, 0.25) is 5.02 Å². The molecule has 6 aromatic rings. The highest BCUT2D eigenvalue weighted by atomic mass is 35.5. The summed E-state index contributed by atoms with van der Waals surface area (Å²) in [7, 11) is 1.85. The number of piperidine rings is 1. The standard InChI is InChI=1S/C50H49ClFN7O9/c1-27-41(28(2)55(4)54-27)43-36(51)16-15-34-33(10-7-25-67-38-11-5-8-30-26-31(52)13-14-32(30)38)45(50(65)66)58(44(34)43)24-21-56-19-22-57(23-20-56)47(62)29(3)68-39-12-6-9-35-42(39)49(64)59(48(35)63)37-17-18-40(60)53-46(37)61/h5-6,8-9,11-16,26,29,37H,7,10,17-25H2,1-4H3,(H,65,66)(H,53,60,61). The molecule has 0 bridgehead atoms. The molecule has 2 aromatic heterocycles. The molecule has 9 rings (SSSR count). The molecule has 68 heavy (non-hydrogen) atoms. The number of carboxylic acids is 1. The minimum absolute atomic E-state index is 0.00675. The number of carbonyl (C=O) groups excluding carboxylic acids is 5. The molecule has 2 fully saturated rings. The van der Waals surface area contributed by atoms with Crippen molar-refractivity contribution in [2.45, 2.75) is 65.1 Å². The summed E-state index contributed by atoms with van der Waals surface area (Å²) in [5.41, 5.74) is 4.64. The number of hydrogen-bond acceptors (Lipinski definition) is 10. The number of aryl methyl sites for hydroxylation is 3. The van der Waals surface area contributed by atoms with Gasteiger partial charge >= 0.3 is 5.97 Å². The molecule has 0 saturated carbocycles. The molecule has 2 unspecified atom stereocenters. The molecule has 2 N–H and O–H groups in total. The highest BCUT2D eigenvalue weighted by Gasteiger charge is 2.46. The number of halogens is 2. The van der Waals surface area contributed by atoms with E-state index >= 15 is 0 Å². The van der Waals surface area contributed by atoms with Crippen LogP contribution in [0.15, 0.2) is 66.7 Å². The van der Waals surface area contributed by atoms with Crippen LogP contribution in [0.1, 0.15) is 74.3 Å². The van der Waals surface area contributed by atoms with E-state index in [4.69, 9.17) is 21.1 Å². The zero-order valence-corrected chi connectivity index (χ0v) is 38.7. The Bertz CT molecular complexity index is 3080. The summed E-state index contributed by atoms with van der Waals surface area (Å²) in [6.07, 6.45) is -0.176. The summed E-state index contributed by atoms with van der Waals surface area (Å²) in [6.45, 7) is 8.11. The Hall–Kier alpha value is -7.11. The molecule has 3 aliphatic heterocycles. The molecular weight excluding hydrogens is 897 g/mol. The molecule has 2 atom stereocenters. The van der Waals surface area contributed by atoms with E-state index in [2.05, 4.69) is 15.3 Å². The zero-order valence-electron chi connectivity index (χ0n) is 37.9. The van der Waals surface area contributed by atoms with Gasteiger partial charge in [-0.3, -0.25) is 43.8 Å². The Kier molecular flexibility index (Phi) is 12.5. The van der Waals surface area contributed by atoms with E-state index in [0.29, 0.717) is 84.9 Å². The predicted octanol–water partition coefficient (Wildman–Crippen LogP) is 6.33. The largest absolute Gasteiger partial charge is 0.493 e. The summed E-state index contributed by atoms with van der Waals surface area (Å²) in [5.74, 6) is -3.72. The number of hydrogen-bond donors (Lipinski definition) is 2. The first-order chi connectivity index (χ1) is 32.6. The fraction of sp³-hybridized carbons (Fsp3) is 0.340. The molecule has 5 heterocycles. The zero-order chi connectivity index (χ0) is 48.1. The number of carboxylic acid groups (broad SMARTS) is 1. The van der Waals surface area contributed by atoms with Crippen molar-refractivity contribution in [3.8, 4) is 22.6 Å². The van der Waals surface area contributed by atoms with Gasteiger partial charge in [0.2, 0.25) is 11.8 Å². The van der Waals surface area contributed by atoms with Gasteiger partial charge < -0.3 is 24.0 Å². The molecular formula is C50H49ClFN7O9. The van der Waals surface area contributed by atoms with E-state index in [1.807, 2.05) is 43.7 Å². The normalized spacial score (nSPS) is 17.0. The number of ether oxygens (including phenoxy) is 2. The maximum absolute atomic E-state index is 14.0. The lowest BCUT2D eigenvalue weighted by Gasteiger charge is -2.36. The van der Waals surface area contributed by atoms with Crippen LogP contribution in [-0.2, 0) is 34.4 Å². The van der Waals surface area contributed by atoms with Crippen LogP contribution >= 0.6 is 11.6 Å².